The van der Waals surface area contributed by atoms with Crippen LogP contribution in [0.3, 0.4) is 0 Å². The SMILES string of the molecule is CNC(=O)c1cc(C)c(C)c(S(=O)(=O)N2CCC(C)CC2)c1. The van der Waals surface area contributed by atoms with E-state index in [1.54, 1.807) is 17.3 Å². The van der Waals surface area contributed by atoms with Crippen molar-refractivity contribution in [1.82, 2.24) is 9.62 Å². The lowest BCUT2D eigenvalue weighted by Gasteiger charge is -2.30. The van der Waals surface area contributed by atoms with E-state index in [1.807, 2.05) is 6.92 Å². The molecule has 1 aromatic rings. The predicted octanol–water partition coefficient (Wildman–Crippen LogP) is 2.08. The number of rotatable bonds is 3. The highest BCUT2D eigenvalue weighted by molar-refractivity contribution is 7.89. The highest BCUT2D eigenvalue weighted by Gasteiger charge is 2.30. The van der Waals surface area contributed by atoms with E-state index in [-0.39, 0.29) is 10.8 Å². The topological polar surface area (TPSA) is 66.5 Å². The minimum atomic E-state index is -3.55. The van der Waals surface area contributed by atoms with Crippen LogP contribution in [0.25, 0.3) is 0 Å². The van der Waals surface area contributed by atoms with Crippen molar-refractivity contribution in [2.45, 2.75) is 38.5 Å². The van der Waals surface area contributed by atoms with Crippen LogP contribution in [-0.2, 0) is 10.0 Å². The lowest BCUT2D eigenvalue weighted by atomic mass is 10.0. The van der Waals surface area contributed by atoms with Crippen LogP contribution in [0.1, 0.15) is 41.3 Å². The zero-order valence-electron chi connectivity index (χ0n) is 13.6. The first-order valence-corrected chi connectivity index (χ1v) is 9.05. The molecule has 0 radical (unpaired) electrons. The first-order chi connectivity index (χ1) is 10.3. The Morgan fingerprint density at radius 1 is 1.23 bits per heavy atom. The fourth-order valence-corrected chi connectivity index (χ4v) is 4.53. The van der Waals surface area contributed by atoms with Gasteiger partial charge < -0.3 is 5.32 Å². The molecule has 0 saturated carbocycles. The molecule has 1 aliphatic heterocycles. The van der Waals surface area contributed by atoms with Crippen LogP contribution in [0.4, 0.5) is 0 Å². The molecular weight excluding hydrogens is 300 g/mol. The summed E-state index contributed by atoms with van der Waals surface area (Å²) in [5.74, 6) is 0.290. The Morgan fingerprint density at radius 2 is 1.82 bits per heavy atom. The zero-order chi connectivity index (χ0) is 16.5. The Labute approximate surface area is 132 Å². The average molecular weight is 324 g/mol. The van der Waals surface area contributed by atoms with Crippen LogP contribution in [0.5, 0.6) is 0 Å². The zero-order valence-corrected chi connectivity index (χ0v) is 14.5. The Hall–Kier alpha value is -1.40. The van der Waals surface area contributed by atoms with Crippen molar-refractivity contribution in [3.63, 3.8) is 0 Å². The number of piperidine rings is 1. The lowest BCUT2D eigenvalue weighted by molar-refractivity contribution is 0.0963. The van der Waals surface area contributed by atoms with Crippen molar-refractivity contribution in [3.8, 4) is 0 Å². The van der Waals surface area contributed by atoms with Gasteiger partial charge in [-0.25, -0.2) is 8.42 Å². The second-order valence-electron chi connectivity index (χ2n) is 6.08. The van der Waals surface area contributed by atoms with Crippen molar-refractivity contribution < 1.29 is 13.2 Å². The molecule has 1 fully saturated rings. The van der Waals surface area contributed by atoms with Gasteiger partial charge in [-0.05, 0) is 55.9 Å². The molecular formula is C16H24N2O3S. The van der Waals surface area contributed by atoms with Gasteiger partial charge in [0.2, 0.25) is 10.0 Å². The van der Waals surface area contributed by atoms with Gasteiger partial charge in [-0.15, -0.1) is 0 Å². The van der Waals surface area contributed by atoms with Gasteiger partial charge in [-0.2, -0.15) is 4.31 Å². The molecule has 1 aliphatic rings. The van der Waals surface area contributed by atoms with E-state index in [1.165, 1.54) is 13.1 Å². The normalized spacial score (nSPS) is 17.5. The highest BCUT2D eigenvalue weighted by Crippen LogP contribution is 2.27. The fraction of sp³-hybridized carbons (Fsp3) is 0.562. The summed E-state index contributed by atoms with van der Waals surface area (Å²) in [7, 11) is -2.01. The molecule has 0 unspecified atom stereocenters. The number of benzene rings is 1. The van der Waals surface area contributed by atoms with E-state index in [0.717, 1.165) is 18.4 Å². The van der Waals surface area contributed by atoms with E-state index < -0.39 is 10.0 Å². The van der Waals surface area contributed by atoms with Gasteiger partial charge in [0.25, 0.3) is 5.91 Å². The molecule has 0 aromatic heterocycles. The van der Waals surface area contributed by atoms with Crippen LogP contribution in [0, 0.1) is 19.8 Å². The smallest absolute Gasteiger partial charge is 0.251 e. The molecule has 6 heteroatoms. The Morgan fingerprint density at radius 3 is 2.36 bits per heavy atom. The molecule has 1 heterocycles. The van der Waals surface area contributed by atoms with E-state index in [9.17, 15) is 13.2 Å². The number of nitrogens with one attached hydrogen (secondary N) is 1. The third-order valence-electron chi connectivity index (χ3n) is 4.47. The van der Waals surface area contributed by atoms with Crippen molar-refractivity contribution in [1.29, 1.82) is 0 Å². The predicted molar refractivity (Wildman–Crippen MR) is 86.5 cm³/mol. The number of hydrogen-bond acceptors (Lipinski definition) is 3. The van der Waals surface area contributed by atoms with Crippen LogP contribution < -0.4 is 5.32 Å². The maximum atomic E-state index is 12.9. The molecule has 22 heavy (non-hydrogen) atoms. The average Bonchev–Trinajstić information content (AvgIpc) is 2.49. The van der Waals surface area contributed by atoms with Gasteiger partial charge in [-0.1, -0.05) is 6.92 Å². The van der Waals surface area contributed by atoms with Gasteiger partial charge in [0, 0.05) is 25.7 Å². The van der Waals surface area contributed by atoms with E-state index in [0.29, 0.717) is 30.1 Å². The summed E-state index contributed by atoms with van der Waals surface area (Å²) >= 11 is 0. The largest absolute Gasteiger partial charge is 0.355 e. The van der Waals surface area contributed by atoms with Crippen LogP contribution in [-0.4, -0.2) is 38.8 Å². The number of carbonyl (C=O) groups is 1. The van der Waals surface area contributed by atoms with E-state index in [2.05, 4.69) is 12.2 Å². The van der Waals surface area contributed by atoms with E-state index in [4.69, 9.17) is 0 Å². The molecule has 122 valence electrons. The first-order valence-electron chi connectivity index (χ1n) is 7.61. The van der Waals surface area contributed by atoms with Gasteiger partial charge >= 0.3 is 0 Å². The van der Waals surface area contributed by atoms with Gasteiger partial charge in [0.15, 0.2) is 0 Å². The summed E-state index contributed by atoms with van der Waals surface area (Å²) < 4.78 is 27.4. The summed E-state index contributed by atoms with van der Waals surface area (Å²) in [6.45, 7) is 6.87. The molecule has 5 nitrogen and oxygen atoms in total. The van der Waals surface area contributed by atoms with Gasteiger partial charge in [0.05, 0.1) is 4.90 Å². The Bertz CT molecular complexity index is 675. The van der Waals surface area contributed by atoms with Gasteiger partial charge in [0.1, 0.15) is 0 Å². The molecule has 1 amide bonds. The second kappa shape index (κ2) is 6.38. The van der Waals surface area contributed by atoms with Crippen molar-refractivity contribution >= 4 is 15.9 Å². The number of nitrogens with zero attached hydrogens (tertiary/aromatic N) is 1. The quantitative estimate of drug-likeness (QED) is 0.926. The molecule has 1 saturated heterocycles. The van der Waals surface area contributed by atoms with Crippen molar-refractivity contribution in [3.05, 3.63) is 28.8 Å². The summed E-state index contributed by atoms with van der Waals surface area (Å²) in [4.78, 5) is 12.1. The molecule has 0 atom stereocenters. The molecule has 0 spiro atoms. The highest BCUT2D eigenvalue weighted by atomic mass is 32.2. The van der Waals surface area contributed by atoms with E-state index >= 15 is 0 Å². The maximum absolute atomic E-state index is 12.9. The molecule has 2 rings (SSSR count). The minimum Gasteiger partial charge on any atom is -0.355 e. The lowest BCUT2D eigenvalue weighted by Crippen LogP contribution is -2.38. The minimum absolute atomic E-state index is 0.251. The first kappa shape index (κ1) is 17.0. The fourth-order valence-electron chi connectivity index (χ4n) is 2.73. The van der Waals surface area contributed by atoms with Gasteiger partial charge in [-0.3, -0.25) is 4.79 Å². The van der Waals surface area contributed by atoms with Crippen LogP contribution in [0.2, 0.25) is 0 Å². The monoisotopic (exact) mass is 324 g/mol. The summed E-state index contributed by atoms with van der Waals surface area (Å²) in [5.41, 5.74) is 1.91. The summed E-state index contributed by atoms with van der Waals surface area (Å²) in [6.07, 6.45) is 1.76. The molecule has 1 N–H and O–H groups in total. The number of sulfonamides is 1. The number of aryl methyl sites for hydroxylation is 1. The Kier molecular flexibility index (Phi) is 4.92. The van der Waals surface area contributed by atoms with Crippen LogP contribution in [0.15, 0.2) is 17.0 Å². The number of hydrogen-bond donors (Lipinski definition) is 1. The summed E-state index contributed by atoms with van der Waals surface area (Å²) in [5, 5.41) is 2.54. The second-order valence-corrected chi connectivity index (χ2v) is 7.99. The molecule has 1 aromatic carbocycles. The number of carbonyl (C=O) groups excluding carboxylic acids is 1. The van der Waals surface area contributed by atoms with Crippen molar-refractivity contribution in [2.75, 3.05) is 20.1 Å². The number of amides is 1. The molecule has 0 aliphatic carbocycles. The van der Waals surface area contributed by atoms with Crippen molar-refractivity contribution in [2.24, 2.45) is 5.92 Å². The third-order valence-corrected chi connectivity index (χ3v) is 6.49. The third kappa shape index (κ3) is 3.17. The molecule has 0 bridgehead atoms. The standard InChI is InChI=1S/C16H24N2O3S/c1-11-5-7-18(8-6-11)22(20,21)15-10-14(16(19)17-4)9-12(2)13(15)3/h9-11H,5-8H2,1-4H3,(H,17,19). The maximum Gasteiger partial charge on any atom is 0.251 e. The Balaban J connectivity index is 2.46. The summed E-state index contributed by atoms with van der Waals surface area (Å²) in [6, 6.07) is 3.22. The van der Waals surface area contributed by atoms with Crippen LogP contribution >= 0.6 is 0 Å².